The average Bonchev–Trinajstić information content (AvgIpc) is 1.79. The molecule has 0 aromatic heterocycles. The fourth-order valence-corrected chi connectivity index (χ4v) is 14.0. The molecule has 3 fully saturated rings. The van der Waals surface area contributed by atoms with E-state index in [9.17, 15) is 65.1 Å². The number of likely N-dealkylation sites (tertiary alicyclic amines) is 3. The molecule has 3 saturated heterocycles. The predicted octanol–water partition coefficient (Wildman–Crippen LogP) is 17.3. The van der Waals surface area contributed by atoms with Crippen LogP contribution in [0.25, 0.3) is 0 Å². The van der Waals surface area contributed by atoms with Gasteiger partial charge in [-0.1, -0.05) is 60.1 Å². The lowest BCUT2D eigenvalue weighted by Crippen LogP contribution is -2.40. The summed E-state index contributed by atoms with van der Waals surface area (Å²) >= 11 is 16.5. The smallest absolute Gasteiger partial charge is 0.335 e. The van der Waals surface area contributed by atoms with Gasteiger partial charge in [0.2, 0.25) is 17.7 Å². The van der Waals surface area contributed by atoms with Crippen LogP contribution in [0.5, 0.6) is 17.2 Å². The Morgan fingerprint density at radius 1 is 0.409 bits per heavy atom. The lowest BCUT2D eigenvalue weighted by atomic mass is 10.0. The van der Waals surface area contributed by atoms with Crippen LogP contribution in [0, 0.1) is 18.6 Å². The molecule has 0 bridgehead atoms. The van der Waals surface area contributed by atoms with Crippen LogP contribution in [0.3, 0.4) is 0 Å². The summed E-state index contributed by atoms with van der Waals surface area (Å²) < 4.78 is 91.2. The zero-order valence-electron chi connectivity index (χ0n) is 60.9. The van der Waals surface area contributed by atoms with Gasteiger partial charge in [0.25, 0.3) is 0 Å². The standard InChI is InChI=1S/C28H26BrClFN3O5.C27H23BrF3N3O5.C27H25BrFN3O5/c1-16-10-25(33-28(38)32-24-5-3-2-4-22(24)29)23(30)11-18(16)12-26(35)34-14-19(31)13-20(34)15-39-21-8-6-17(7-9-21)27(36)37;28-20-3-1-2-4-23(20)32-27(38)33-24-12-21(30)16(9-22(24)31)10-25(35)34-13-17(29)11-18(34)14-39-19-7-5-15(6-8-19)26(36)37;28-23-12-17(6-11-24(23)31-27(36)30-20-4-2-1-3-5-20)13-25(33)32-15-19(29)14-21(32)16-37-22-9-7-18(8-10-22)26(34)35/h2-11,19-20H,12-15H2,1H3,(H,36,37)(H2,32,33,38);1-9,12,17-18H,10-11,13-14H2,(H,36,37)(H2,32,33,38);1-12,19,21H,13-16H2,(H,34,35)(H2,30,31,36)/t19-,20-;17-,18-;19-,21-/m000/s1. The van der Waals surface area contributed by atoms with E-state index in [1.165, 1.54) is 87.5 Å². The largest absolute Gasteiger partial charge is 0.491 e. The summed E-state index contributed by atoms with van der Waals surface area (Å²) in [6, 6.07) is 47.2. The van der Waals surface area contributed by atoms with E-state index in [0.29, 0.717) is 65.8 Å². The molecule has 3 aliphatic rings. The quantitative estimate of drug-likeness (QED) is 0.0254. The highest BCUT2D eigenvalue weighted by Crippen LogP contribution is 2.33. The second kappa shape index (κ2) is 40.4. The van der Waals surface area contributed by atoms with Crippen molar-refractivity contribution in [3.8, 4) is 17.2 Å². The van der Waals surface area contributed by atoms with E-state index in [1.54, 1.807) is 91.9 Å². The lowest BCUT2D eigenvalue weighted by molar-refractivity contribution is -0.132. The maximum absolute atomic E-state index is 14.8. The number of anilines is 6. The number of rotatable bonds is 24. The van der Waals surface area contributed by atoms with Gasteiger partial charge in [0.15, 0.2) is 0 Å². The third-order valence-corrected chi connectivity index (χ3v) is 20.7. The molecule has 33 heteroatoms. The third-order valence-electron chi connectivity index (χ3n) is 18.3. The van der Waals surface area contributed by atoms with Gasteiger partial charge in [-0.15, -0.1) is 0 Å². The van der Waals surface area contributed by atoms with Gasteiger partial charge in [-0.2, -0.15) is 0 Å². The molecule has 9 N–H and O–H groups in total. The average molecular weight is 1800 g/mol. The van der Waals surface area contributed by atoms with Gasteiger partial charge in [-0.05, 0) is 211 Å². The van der Waals surface area contributed by atoms with Crippen molar-refractivity contribution < 1.29 is 94.6 Å². The zero-order chi connectivity index (χ0) is 82.6. The van der Waals surface area contributed by atoms with Crippen molar-refractivity contribution in [2.75, 3.05) is 71.4 Å². The highest BCUT2D eigenvalue weighted by molar-refractivity contribution is 9.11. The summed E-state index contributed by atoms with van der Waals surface area (Å²) in [7, 11) is 0. The number of ether oxygens (including phenoxy) is 3. The number of aryl methyl sites for hydroxylation is 1. The van der Waals surface area contributed by atoms with E-state index < -0.39 is 102 Å². The number of carboxylic acids is 3. The number of nitrogens with zero attached hydrogens (tertiary/aromatic N) is 3. The van der Waals surface area contributed by atoms with Crippen LogP contribution in [0.15, 0.2) is 208 Å². The van der Waals surface area contributed by atoms with Gasteiger partial charge in [-0.25, -0.2) is 50.7 Å². The Bertz CT molecular complexity index is 4820. The molecular weight excluding hydrogens is 1720 g/mol. The minimum Gasteiger partial charge on any atom is -0.491 e. The monoisotopic (exact) mass is 1790 g/mol. The topological polar surface area (TPSA) is 324 Å². The Kier molecular flexibility index (Phi) is 30.2. The van der Waals surface area contributed by atoms with Crippen LogP contribution in [0.1, 0.15) is 72.6 Å². The Balaban J connectivity index is 0.000000182. The minimum atomic E-state index is -1.31. The van der Waals surface area contributed by atoms with Gasteiger partial charge >= 0.3 is 36.0 Å². The second-order valence-electron chi connectivity index (χ2n) is 26.6. The Hall–Kier alpha value is -11.6. The number of alkyl halides is 3. The van der Waals surface area contributed by atoms with Gasteiger partial charge < -0.3 is 76.1 Å². The summed E-state index contributed by atoms with van der Waals surface area (Å²) in [4.78, 5) is 113. The Labute approximate surface area is 686 Å². The molecule has 0 aliphatic carbocycles. The Morgan fingerprint density at radius 3 is 1.20 bits per heavy atom. The number of halogens is 9. The second-order valence-corrected chi connectivity index (χ2v) is 29.6. The number of para-hydroxylation sites is 3. The molecule has 6 atom stereocenters. The fourth-order valence-electron chi connectivity index (χ4n) is 12.5. The summed E-state index contributed by atoms with van der Waals surface area (Å²) in [5, 5.41) is 43.0. The molecule has 9 amide bonds. The number of carboxylic acid groups (broad SMARTS) is 3. The molecule has 600 valence electrons. The molecule has 0 unspecified atom stereocenters. The molecule has 3 aliphatic heterocycles. The molecule has 9 aromatic carbocycles. The SMILES string of the molecule is Cc1cc(NC(=O)Nc2ccccc2Br)c(Cl)cc1CC(=O)N1C[C@@H](F)C[C@H]1COc1ccc(C(=O)O)cc1.O=C(Nc1cc(F)c(CC(=O)N2C[C@@H](F)C[C@H]2COc2ccc(C(=O)O)cc2)cc1F)Nc1ccccc1Br.O=C(Nc1ccccc1)Nc1ccc(CC(=O)N2C[C@@H](F)C[C@H]2COc2ccc(C(=O)O)cc2)cc1Br. The van der Waals surface area contributed by atoms with Crippen molar-refractivity contribution in [2.45, 2.75) is 82.1 Å². The molecule has 115 heavy (non-hydrogen) atoms. The number of hydrogen-bond acceptors (Lipinski definition) is 12. The van der Waals surface area contributed by atoms with Crippen molar-refractivity contribution in [2.24, 2.45) is 0 Å². The number of urea groups is 3. The van der Waals surface area contributed by atoms with E-state index in [4.69, 9.17) is 41.1 Å². The summed E-state index contributed by atoms with van der Waals surface area (Å²) in [6.45, 7) is 1.65. The molecular formula is C82H74Br3ClF5N9O15. The van der Waals surface area contributed by atoms with Crippen molar-refractivity contribution in [1.82, 2.24) is 14.7 Å². The summed E-state index contributed by atoms with van der Waals surface area (Å²) in [5.74, 6) is -4.93. The number of nitrogens with one attached hydrogen (secondary N) is 6. The first-order valence-electron chi connectivity index (χ1n) is 35.5. The van der Waals surface area contributed by atoms with E-state index in [0.717, 1.165) is 22.2 Å². The lowest BCUT2D eigenvalue weighted by Gasteiger charge is -2.25. The van der Waals surface area contributed by atoms with Crippen LogP contribution in [0.4, 0.5) is 70.5 Å². The van der Waals surface area contributed by atoms with Crippen LogP contribution in [-0.2, 0) is 33.6 Å². The molecule has 0 saturated carbocycles. The number of hydrogen-bond donors (Lipinski definition) is 9. The highest BCUT2D eigenvalue weighted by atomic mass is 79.9. The van der Waals surface area contributed by atoms with Crippen LogP contribution < -0.4 is 46.1 Å². The first kappa shape index (κ1) is 85.8. The molecule has 3 heterocycles. The normalized spacial score (nSPS) is 16.6. The van der Waals surface area contributed by atoms with Crippen LogP contribution in [0.2, 0.25) is 5.02 Å². The number of carbonyl (C=O) groups excluding carboxylic acids is 6. The van der Waals surface area contributed by atoms with Gasteiger partial charge in [0.1, 0.15) is 67.2 Å². The maximum atomic E-state index is 14.8. The summed E-state index contributed by atoms with van der Waals surface area (Å²) in [6.07, 6.45) is -3.76. The molecule has 0 spiro atoms. The van der Waals surface area contributed by atoms with E-state index in [2.05, 4.69) is 79.7 Å². The van der Waals surface area contributed by atoms with Gasteiger partial charge in [0.05, 0.1) is 107 Å². The predicted molar refractivity (Wildman–Crippen MR) is 432 cm³/mol. The van der Waals surface area contributed by atoms with Crippen molar-refractivity contribution >= 4 is 147 Å². The maximum Gasteiger partial charge on any atom is 0.335 e. The van der Waals surface area contributed by atoms with Crippen LogP contribution in [-0.4, -0.2) is 160 Å². The highest BCUT2D eigenvalue weighted by Gasteiger charge is 2.39. The summed E-state index contributed by atoms with van der Waals surface area (Å²) in [5.41, 5.74) is 4.38. The minimum absolute atomic E-state index is 0.00525. The third kappa shape index (κ3) is 24.7. The molecule has 12 rings (SSSR count). The first-order valence-corrected chi connectivity index (χ1v) is 38.3. The fraction of sp³-hybridized carbons (Fsp3) is 0.232. The number of benzene rings is 9. The van der Waals surface area contributed by atoms with Crippen molar-refractivity contribution in [3.63, 3.8) is 0 Å². The first-order chi connectivity index (χ1) is 55.0. The van der Waals surface area contributed by atoms with E-state index in [-0.39, 0.29) is 111 Å². The van der Waals surface area contributed by atoms with E-state index >= 15 is 0 Å². The number of aromatic carboxylic acids is 3. The van der Waals surface area contributed by atoms with Gasteiger partial charge in [0, 0.05) is 50.0 Å². The molecule has 24 nitrogen and oxygen atoms in total. The Morgan fingerprint density at radius 2 is 0.783 bits per heavy atom. The zero-order valence-corrected chi connectivity index (χ0v) is 66.4. The molecule has 9 aromatic rings. The molecule has 0 radical (unpaired) electrons. The van der Waals surface area contributed by atoms with Gasteiger partial charge in [-0.3, -0.25) is 14.4 Å². The number of amides is 9. The van der Waals surface area contributed by atoms with Crippen molar-refractivity contribution in [3.05, 3.63) is 263 Å². The van der Waals surface area contributed by atoms with Crippen molar-refractivity contribution in [1.29, 1.82) is 0 Å². The van der Waals surface area contributed by atoms with Crippen LogP contribution >= 0.6 is 59.4 Å². The number of carbonyl (C=O) groups is 9. The van der Waals surface area contributed by atoms with E-state index in [1.807, 2.05) is 24.3 Å².